The Morgan fingerprint density at radius 1 is 1.35 bits per heavy atom. The summed E-state index contributed by atoms with van der Waals surface area (Å²) < 4.78 is 0. The predicted octanol–water partition coefficient (Wildman–Crippen LogP) is 2.14. The van der Waals surface area contributed by atoms with Crippen LogP contribution < -0.4 is 5.32 Å². The van der Waals surface area contributed by atoms with Crippen LogP contribution in [0.2, 0.25) is 0 Å². The second-order valence-corrected chi connectivity index (χ2v) is 6.33. The van der Waals surface area contributed by atoms with Crippen LogP contribution in [0.25, 0.3) is 0 Å². The molecule has 114 valence electrons. The Labute approximate surface area is 127 Å². The maximum atomic E-state index is 4.35. The third-order valence-electron chi connectivity index (χ3n) is 3.48. The topological polar surface area (TPSA) is 30.9 Å². The fraction of sp³-hybridized carbons (Fsp3) is 0.667. The quantitative estimate of drug-likeness (QED) is 0.618. The number of hydrogen-bond donors (Lipinski definition) is 1. The summed E-state index contributed by atoms with van der Waals surface area (Å²) in [6.45, 7) is 7.35. The van der Waals surface area contributed by atoms with Crippen molar-refractivity contribution >= 4 is 17.3 Å². The lowest BCUT2D eigenvalue weighted by Gasteiger charge is -2.25. The Hall–Kier alpha value is -1.07. The molecule has 5 heteroatoms. The van der Waals surface area contributed by atoms with E-state index in [1.165, 1.54) is 4.88 Å². The van der Waals surface area contributed by atoms with Crippen molar-refractivity contribution in [1.29, 1.82) is 0 Å². The van der Waals surface area contributed by atoms with Crippen molar-refractivity contribution < 1.29 is 0 Å². The number of likely N-dealkylation sites (N-methyl/N-ethyl adjacent to an activating group) is 2. The first-order valence-corrected chi connectivity index (χ1v) is 8.07. The van der Waals surface area contributed by atoms with Crippen molar-refractivity contribution in [3.63, 3.8) is 0 Å². The molecule has 0 atom stereocenters. The number of thiophene rings is 1. The molecule has 20 heavy (non-hydrogen) atoms. The van der Waals surface area contributed by atoms with Crippen molar-refractivity contribution in [3.05, 3.63) is 22.4 Å². The molecule has 4 nitrogen and oxygen atoms in total. The van der Waals surface area contributed by atoms with Gasteiger partial charge in [0, 0.05) is 44.6 Å². The van der Waals surface area contributed by atoms with E-state index in [0.717, 1.165) is 32.0 Å². The summed E-state index contributed by atoms with van der Waals surface area (Å²) in [4.78, 5) is 10.3. The number of aliphatic imine (C=N–C) groups is 1. The number of nitrogens with zero attached hydrogens (tertiary/aromatic N) is 3. The van der Waals surface area contributed by atoms with Crippen molar-refractivity contribution in [3.8, 4) is 0 Å². The maximum absolute atomic E-state index is 4.35. The number of rotatable bonds is 7. The van der Waals surface area contributed by atoms with Crippen LogP contribution in [0.15, 0.2) is 22.5 Å². The van der Waals surface area contributed by atoms with Gasteiger partial charge in [-0.05, 0) is 38.8 Å². The molecule has 0 amide bonds. The van der Waals surface area contributed by atoms with Gasteiger partial charge in [-0.1, -0.05) is 6.07 Å². The molecule has 0 aliphatic carbocycles. The van der Waals surface area contributed by atoms with E-state index < -0.39 is 0 Å². The van der Waals surface area contributed by atoms with E-state index in [2.05, 4.69) is 65.6 Å². The molecule has 1 aromatic rings. The molecule has 1 N–H and O–H groups in total. The van der Waals surface area contributed by atoms with Crippen LogP contribution >= 0.6 is 11.3 Å². The van der Waals surface area contributed by atoms with E-state index in [0.29, 0.717) is 6.04 Å². The van der Waals surface area contributed by atoms with E-state index in [1.807, 2.05) is 18.4 Å². The van der Waals surface area contributed by atoms with Crippen molar-refractivity contribution in [2.45, 2.75) is 26.3 Å². The molecular formula is C15H28N4S. The van der Waals surface area contributed by atoms with Crippen molar-refractivity contribution in [1.82, 2.24) is 15.1 Å². The highest BCUT2D eigenvalue weighted by Gasteiger charge is 2.07. The fourth-order valence-corrected chi connectivity index (χ4v) is 2.52. The molecule has 0 bridgehead atoms. The van der Waals surface area contributed by atoms with E-state index in [-0.39, 0.29) is 0 Å². The Balaban J connectivity index is 2.30. The van der Waals surface area contributed by atoms with Gasteiger partial charge >= 0.3 is 0 Å². The van der Waals surface area contributed by atoms with Gasteiger partial charge in [0.25, 0.3) is 0 Å². The zero-order chi connectivity index (χ0) is 15.0. The van der Waals surface area contributed by atoms with E-state index in [4.69, 9.17) is 0 Å². The zero-order valence-corrected chi connectivity index (χ0v) is 14.2. The van der Waals surface area contributed by atoms with Crippen LogP contribution in [0.3, 0.4) is 0 Å². The van der Waals surface area contributed by atoms with Crippen LogP contribution in [-0.2, 0) is 6.42 Å². The molecule has 0 fully saturated rings. The van der Waals surface area contributed by atoms with Crippen LogP contribution in [0, 0.1) is 0 Å². The third-order valence-corrected chi connectivity index (χ3v) is 4.41. The zero-order valence-electron chi connectivity index (χ0n) is 13.4. The SMILES string of the molecule is CN=C(NCCN(C)C(C)C)N(C)CCc1cccs1. The number of nitrogens with one attached hydrogen (secondary N) is 1. The van der Waals surface area contributed by atoms with Gasteiger partial charge < -0.3 is 15.1 Å². The first-order chi connectivity index (χ1) is 9.54. The molecule has 0 aliphatic heterocycles. The maximum Gasteiger partial charge on any atom is 0.193 e. The molecular weight excluding hydrogens is 268 g/mol. The second-order valence-electron chi connectivity index (χ2n) is 5.30. The minimum absolute atomic E-state index is 0.579. The summed E-state index contributed by atoms with van der Waals surface area (Å²) in [5.41, 5.74) is 0. The normalized spacial score (nSPS) is 12.2. The van der Waals surface area contributed by atoms with Gasteiger partial charge in [0.15, 0.2) is 5.96 Å². The lowest BCUT2D eigenvalue weighted by Crippen LogP contribution is -2.43. The van der Waals surface area contributed by atoms with E-state index >= 15 is 0 Å². The summed E-state index contributed by atoms with van der Waals surface area (Å²) >= 11 is 1.82. The molecule has 0 aliphatic rings. The predicted molar refractivity (Wildman–Crippen MR) is 89.8 cm³/mol. The molecule has 0 radical (unpaired) electrons. The minimum Gasteiger partial charge on any atom is -0.355 e. The summed E-state index contributed by atoms with van der Waals surface area (Å²) in [7, 11) is 6.08. The molecule has 0 saturated carbocycles. The second kappa shape index (κ2) is 8.97. The average Bonchev–Trinajstić information content (AvgIpc) is 2.93. The molecule has 0 aromatic carbocycles. The van der Waals surface area contributed by atoms with Gasteiger partial charge in [-0.15, -0.1) is 11.3 Å². The monoisotopic (exact) mass is 296 g/mol. The summed E-state index contributed by atoms with van der Waals surface area (Å²) in [6, 6.07) is 4.87. The highest BCUT2D eigenvalue weighted by molar-refractivity contribution is 7.09. The van der Waals surface area contributed by atoms with E-state index in [9.17, 15) is 0 Å². The standard InChI is InChI=1S/C15H28N4S/c1-13(2)18(4)11-9-17-15(16-3)19(5)10-8-14-7-6-12-20-14/h6-7,12-13H,8-11H2,1-5H3,(H,16,17). The van der Waals surface area contributed by atoms with Gasteiger partial charge in [-0.25, -0.2) is 0 Å². The van der Waals surface area contributed by atoms with Gasteiger partial charge in [0.05, 0.1) is 0 Å². The van der Waals surface area contributed by atoms with Crippen LogP contribution in [0.4, 0.5) is 0 Å². The Bertz CT molecular complexity index is 387. The highest BCUT2D eigenvalue weighted by atomic mass is 32.1. The molecule has 1 heterocycles. The van der Waals surface area contributed by atoms with Crippen molar-refractivity contribution in [2.75, 3.05) is 40.8 Å². The molecule has 0 unspecified atom stereocenters. The fourth-order valence-electron chi connectivity index (χ4n) is 1.83. The first kappa shape index (κ1) is 17.0. The smallest absolute Gasteiger partial charge is 0.193 e. The highest BCUT2D eigenvalue weighted by Crippen LogP contribution is 2.09. The summed E-state index contributed by atoms with van der Waals surface area (Å²) in [5.74, 6) is 0.971. The van der Waals surface area contributed by atoms with Gasteiger partial charge in [0.2, 0.25) is 0 Å². The van der Waals surface area contributed by atoms with E-state index in [1.54, 1.807) is 0 Å². The van der Waals surface area contributed by atoms with Crippen LogP contribution in [0.1, 0.15) is 18.7 Å². The van der Waals surface area contributed by atoms with Gasteiger partial charge in [0.1, 0.15) is 0 Å². The summed E-state index contributed by atoms with van der Waals surface area (Å²) in [5, 5.41) is 5.55. The Morgan fingerprint density at radius 3 is 2.65 bits per heavy atom. The van der Waals surface area contributed by atoms with Crippen LogP contribution in [-0.4, -0.2) is 62.6 Å². The minimum atomic E-state index is 0.579. The molecule has 1 aromatic heterocycles. The molecule has 1 rings (SSSR count). The van der Waals surface area contributed by atoms with Crippen LogP contribution in [0.5, 0.6) is 0 Å². The molecule has 0 saturated heterocycles. The molecule has 0 spiro atoms. The lowest BCUT2D eigenvalue weighted by atomic mass is 10.3. The largest absolute Gasteiger partial charge is 0.355 e. The van der Waals surface area contributed by atoms with Crippen molar-refractivity contribution in [2.24, 2.45) is 4.99 Å². The lowest BCUT2D eigenvalue weighted by molar-refractivity contribution is 0.277. The Kier molecular flexibility index (Phi) is 7.62. The summed E-state index contributed by atoms with van der Waals surface area (Å²) in [6.07, 6.45) is 1.07. The third kappa shape index (κ3) is 5.92. The Morgan fingerprint density at radius 2 is 2.10 bits per heavy atom. The number of guanidine groups is 1. The van der Waals surface area contributed by atoms with Gasteiger partial charge in [-0.2, -0.15) is 0 Å². The average molecular weight is 296 g/mol. The van der Waals surface area contributed by atoms with Gasteiger partial charge in [-0.3, -0.25) is 4.99 Å². The first-order valence-electron chi connectivity index (χ1n) is 7.19. The number of hydrogen-bond acceptors (Lipinski definition) is 3.